The molecular weight excluding hydrogens is 312 g/mol. The second-order valence-corrected chi connectivity index (χ2v) is 6.52. The lowest BCUT2D eigenvalue weighted by atomic mass is 9.81. The molecule has 0 saturated heterocycles. The van der Waals surface area contributed by atoms with E-state index in [1.54, 1.807) is 0 Å². The van der Waals surface area contributed by atoms with Gasteiger partial charge in [-0.3, -0.25) is 0 Å². The molecule has 0 heterocycles. The van der Waals surface area contributed by atoms with Crippen molar-refractivity contribution in [3.05, 3.63) is 71.8 Å². The van der Waals surface area contributed by atoms with Gasteiger partial charge >= 0.3 is 5.97 Å². The van der Waals surface area contributed by atoms with Crippen molar-refractivity contribution in [3.8, 4) is 0 Å². The average molecular weight is 338 g/mol. The minimum absolute atomic E-state index is 0.0738. The fourth-order valence-electron chi connectivity index (χ4n) is 3.63. The second-order valence-electron chi connectivity index (χ2n) is 6.52. The van der Waals surface area contributed by atoms with Gasteiger partial charge in [-0.25, -0.2) is 4.79 Å². The summed E-state index contributed by atoms with van der Waals surface area (Å²) in [5.41, 5.74) is 2.11. The van der Waals surface area contributed by atoms with Crippen LogP contribution in [0.15, 0.2) is 60.7 Å². The highest BCUT2D eigenvalue weighted by molar-refractivity contribution is 5.76. The van der Waals surface area contributed by atoms with Crippen LogP contribution in [0.3, 0.4) is 0 Å². The van der Waals surface area contributed by atoms with Gasteiger partial charge in [0.15, 0.2) is 6.10 Å². The van der Waals surface area contributed by atoms with E-state index in [0.29, 0.717) is 6.61 Å². The van der Waals surface area contributed by atoms with Gasteiger partial charge in [0.2, 0.25) is 0 Å². The average Bonchev–Trinajstić information content (AvgIpc) is 2.68. The van der Waals surface area contributed by atoms with Crippen LogP contribution in [0.1, 0.15) is 55.8 Å². The van der Waals surface area contributed by atoms with Crippen molar-refractivity contribution < 1.29 is 14.3 Å². The Morgan fingerprint density at radius 2 is 1.64 bits per heavy atom. The lowest BCUT2D eigenvalue weighted by molar-refractivity contribution is -0.165. The lowest BCUT2D eigenvalue weighted by Crippen LogP contribution is -2.31. The summed E-state index contributed by atoms with van der Waals surface area (Å²) in [6.45, 7) is 2.37. The maximum atomic E-state index is 12.8. The molecule has 3 heteroatoms. The van der Waals surface area contributed by atoms with Crippen LogP contribution < -0.4 is 0 Å². The van der Waals surface area contributed by atoms with E-state index in [1.807, 2.05) is 43.3 Å². The first-order valence-corrected chi connectivity index (χ1v) is 9.21. The molecule has 0 bridgehead atoms. The Kier molecular flexibility index (Phi) is 6.24. The first-order valence-electron chi connectivity index (χ1n) is 9.21. The highest BCUT2D eigenvalue weighted by atomic mass is 16.6. The van der Waals surface area contributed by atoms with Gasteiger partial charge in [-0.15, -0.1) is 0 Å². The third-order valence-corrected chi connectivity index (χ3v) is 4.85. The number of rotatable bonds is 6. The van der Waals surface area contributed by atoms with Crippen LogP contribution in [-0.2, 0) is 14.3 Å². The van der Waals surface area contributed by atoms with Gasteiger partial charge in [-0.2, -0.15) is 0 Å². The minimum Gasteiger partial charge on any atom is -0.460 e. The van der Waals surface area contributed by atoms with E-state index in [0.717, 1.165) is 24.8 Å². The first kappa shape index (κ1) is 17.7. The van der Waals surface area contributed by atoms with Crippen molar-refractivity contribution in [1.82, 2.24) is 0 Å². The van der Waals surface area contributed by atoms with Crippen molar-refractivity contribution in [2.24, 2.45) is 0 Å². The summed E-state index contributed by atoms with van der Waals surface area (Å²) in [5, 5.41) is 0. The van der Waals surface area contributed by atoms with E-state index < -0.39 is 6.10 Å². The molecule has 2 aromatic carbocycles. The van der Waals surface area contributed by atoms with Crippen LogP contribution >= 0.6 is 0 Å². The molecule has 2 aromatic rings. The highest BCUT2D eigenvalue weighted by Gasteiger charge is 2.32. The van der Waals surface area contributed by atoms with Crippen LogP contribution in [0.25, 0.3) is 0 Å². The van der Waals surface area contributed by atoms with E-state index >= 15 is 0 Å². The van der Waals surface area contributed by atoms with Gasteiger partial charge in [0, 0.05) is 12.5 Å². The number of carbonyl (C=O) groups excluding carboxylic acids is 1. The second kappa shape index (κ2) is 8.82. The first-order chi connectivity index (χ1) is 12.3. The standard InChI is InChI=1S/C22H26O3/c1-2-24-21(18-13-7-4-8-14-18)22(23)25-20-16-10-9-15-19(20)17-11-5-3-6-12-17/h3-8,11-14,19-21H,2,9-10,15-16H2,1H3/t19-,20+,21?/m1/s1. The Morgan fingerprint density at radius 1 is 1.00 bits per heavy atom. The van der Waals surface area contributed by atoms with Gasteiger partial charge < -0.3 is 9.47 Å². The predicted molar refractivity (Wildman–Crippen MR) is 98.3 cm³/mol. The zero-order valence-electron chi connectivity index (χ0n) is 14.8. The molecule has 1 unspecified atom stereocenters. The lowest BCUT2D eigenvalue weighted by Gasteiger charge is -2.32. The fraction of sp³-hybridized carbons (Fsp3) is 0.409. The number of ether oxygens (including phenoxy) is 2. The molecule has 0 amide bonds. The Morgan fingerprint density at radius 3 is 2.32 bits per heavy atom. The molecule has 0 spiro atoms. The van der Waals surface area contributed by atoms with Crippen LogP contribution in [0.5, 0.6) is 0 Å². The smallest absolute Gasteiger partial charge is 0.340 e. The predicted octanol–water partition coefficient (Wildman–Crippen LogP) is 5.03. The fourth-order valence-corrected chi connectivity index (χ4v) is 3.63. The summed E-state index contributed by atoms with van der Waals surface area (Å²) in [7, 11) is 0. The molecule has 132 valence electrons. The normalized spacial score (nSPS) is 21.5. The summed E-state index contributed by atoms with van der Waals surface area (Å²) in [5.74, 6) is -0.00201. The molecule has 3 rings (SSSR count). The molecule has 1 fully saturated rings. The topological polar surface area (TPSA) is 35.5 Å². The number of hydrogen-bond acceptors (Lipinski definition) is 3. The van der Waals surface area contributed by atoms with E-state index in [9.17, 15) is 4.79 Å². The number of hydrogen-bond donors (Lipinski definition) is 0. The quantitative estimate of drug-likeness (QED) is 0.693. The van der Waals surface area contributed by atoms with E-state index in [-0.39, 0.29) is 18.0 Å². The molecule has 25 heavy (non-hydrogen) atoms. The zero-order valence-corrected chi connectivity index (χ0v) is 14.8. The van der Waals surface area contributed by atoms with Crippen molar-refractivity contribution in [2.75, 3.05) is 6.61 Å². The largest absolute Gasteiger partial charge is 0.460 e. The third kappa shape index (κ3) is 4.49. The number of esters is 1. The van der Waals surface area contributed by atoms with Crippen LogP contribution in [0.4, 0.5) is 0 Å². The molecule has 3 atom stereocenters. The third-order valence-electron chi connectivity index (χ3n) is 4.85. The molecule has 1 aliphatic carbocycles. The van der Waals surface area contributed by atoms with Gasteiger partial charge in [0.25, 0.3) is 0 Å². The Hall–Kier alpha value is -2.13. The van der Waals surface area contributed by atoms with Gasteiger partial charge in [0.05, 0.1) is 0 Å². The molecule has 0 aromatic heterocycles. The number of carbonyl (C=O) groups is 1. The van der Waals surface area contributed by atoms with Crippen LogP contribution in [0.2, 0.25) is 0 Å². The molecule has 0 N–H and O–H groups in total. The molecule has 3 nitrogen and oxygen atoms in total. The molecule has 0 aliphatic heterocycles. The van der Waals surface area contributed by atoms with Crippen molar-refractivity contribution in [3.63, 3.8) is 0 Å². The summed E-state index contributed by atoms with van der Waals surface area (Å²) >= 11 is 0. The maximum Gasteiger partial charge on any atom is 0.340 e. The summed E-state index contributed by atoms with van der Waals surface area (Å²) in [6.07, 6.45) is 3.54. The van der Waals surface area contributed by atoms with E-state index in [2.05, 4.69) is 24.3 Å². The van der Waals surface area contributed by atoms with Crippen molar-refractivity contribution >= 4 is 5.97 Å². The Balaban J connectivity index is 1.75. The molecule has 1 saturated carbocycles. The van der Waals surface area contributed by atoms with Gasteiger partial charge in [0.1, 0.15) is 6.10 Å². The molecule has 1 aliphatic rings. The van der Waals surface area contributed by atoms with E-state index in [1.165, 1.54) is 12.0 Å². The SMILES string of the molecule is CCOC(C(=O)O[C@H]1CCCC[C@@H]1c1ccccc1)c1ccccc1. The van der Waals surface area contributed by atoms with Gasteiger partial charge in [-0.1, -0.05) is 67.1 Å². The van der Waals surface area contributed by atoms with Crippen molar-refractivity contribution in [2.45, 2.75) is 50.7 Å². The molecular formula is C22H26O3. The Labute approximate surface area is 150 Å². The highest BCUT2D eigenvalue weighted by Crippen LogP contribution is 2.36. The van der Waals surface area contributed by atoms with Crippen LogP contribution in [0, 0.1) is 0 Å². The summed E-state index contributed by atoms with van der Waals surface area (Å²) in [4.78, 5) is 12.8. The summed E-state index contributed by atoms with van der Waals surface area (Å²) in [6, 6.07) is 20.0. The van der Waals surface area contributed by atoms with E-state index in [4.69, 9.17) is 9.47 Å². The van der Waals surface area contributed by atoms with Gasteiger partial charge in [-0.05, 0) is 37.3 Å². The van der Waals surface area contributed by atoms with Crippen LogP contribution in [-0.4, -0.2) is 18.7 Å². The zero-order chi connectivity index (χ0) is 17.5. The Bertz CT molecular complexity index is 653. The van der Waals surface area contributed by atoms with Crippen molar-refractivity contribution in [1.29, 1.82) is 0 Å². The summed E-state index contributed by atoms with van der Waals surface area (Å²) < 4.78 is 11.7. The minimum atomic E-state index is -0.649. The number of benzene rings is 2. The molecule has 0 radical (unpaired) electrons. The monoisotopic (exact) mass is 338 g/mol. The maximum absolute atomic E-state index is 12.8.